The maximum atomic E-state index is 15.7. The van der Waals surface area contributed by atoms with E-state index in [1.807, 2.05) is 115 Å². The van der Waals surface area contributed by atoms with Crippen molar-refractivity contribution in [3.63, 3.8) is 0 Å². The molecule has 17 nitrogen and oxygen atoms in total. The van der Waals surface area contributed by atoms with Crippen molar-refractivity contribution in [3.8, 4) is 11.5 Å². The minimum Gasteiger partial charge on any atom is -0.497 e. The SMILES string of the molecule is COc1ccc(C(OC[C@H]2O[C@@H](n3cc(C)c(=O)[nH]c3=O)C[C@@H]2OP2(=O)CCC[C@@H]([C@H]3O[C@@H](n4cc(C)c(=O)[nH]c4=O)C[C@@H]3O[Si](c3ccccc3)(c3ccccc3)C(C)(C)C)O2)(c2ccccc2)c2ccc(OC)cc2)cc1. The molecular weight excluding hydrogens is 1040 g/mol. The Hall–Kier alpha value is -6.73. The van der Waals surface area contributed by atoms with Gasteiger partial charge in [-0.1, -0.05) is 136 Å². The molecule has 3 saturated heterocycles. The van der Waals surface area contributed by atoms with E-state index < -0.39 is 92.0 Å². The highest BCUT2D eigenvalue weighted by molar-refractivity contribution is 7.53. The van der Waals surface area contributed by atoms with Gasteiger partial charge in [-0.2, -0.15) is 0 Å². The number of H-pyrrole nitrogens is 2. The van der Waals surface area contributed by atoms with Gasteiger partial charge in [-0.25, -0.2) is 9.59 Å². The normalized spacial score (nSPS) is 23.6. The molecule has 3 aliphatic heterocycles. The van der Waals surface area contributed by atoms with Gasteiger partial charge in [-0.3, -0.25) is 33.3 Å². The Labute approximate surface area is 459 Å². The minimum atomic E-state index is -4.10. The van der Waals surface area contributed by atoms with Crippen LogP contribution in [-0.2, 0) is 37.9 Å². The van der Waals surface area contributed by atoms with E-state index in [4.69, 9.17) is 37.2 Å². The summed E-state index contributed by atoms with van der Waals surface area (Å²) >= 11 is 0. The third kappa shape index (κ3) is 11.0. The maximum Gasteiger partial charge on any atom is 0.331 e. The van der Waals surface area contributed by atoms with Gasteiger partial charge in [0.1, 0.15) is 41.8 Å². The molecule has 414 valence electrons. The summed E-state index contributed by atoms with van der Waals surface area (Å²) in [5.74, 6) is 1.29. The van der Waals surface area contributed by atoms with Crippen LogP contribution in [0.3, 0.4) is 0 Å². The molecule has 3 aliphatic rings. The van der Waals surface area contributed by atoms with E-state index in [1.165, 1.54) is 21.5 Å². The van der Waals surface area contributed by atoms with E-state index in [1.54, 1.807) is 28.1 Å². The molecule has 0 aliphatic carbocycles. The molecule has 0 bridgehead atoms. The van der Waals surface area contributed by atoms with Gasteiger partial charge >= 0.3 is 19.0 Å². The quantitative estimate of drug-likeness (QED) is 0.0505. The molecule has 10 rings (SSSR count). The van der Waals surface area contributed by atoms with Crippen LogP contribution in [0.1, 0.15) is 86.7 Å². The fourth-order valence-corrected chi connectivity index (χ4v) is 18.3. The first kappa shape index (κ1) is 55.6. The van der Waals surface area contributed by atoms with Crippen molar-refractivity contribution in [2.45, 2.75) is 114 Å². The number of hydrogen-bond donors (Lipinski definition) is 2. The molecule has 8 atom stereocenters. The second kappa shape index (κ2) is 22.8. The van der Waals surface area contributed by atoms with Gasteiger partial charge < -0.3 is 37.2 Å². The number of aromatic amines is 2. The molecule has 5 heterocycles. The van der Waals surface area contributed by atoms with Gasteiger partial charge in [0.2, 0.25) is 0 Å². The first-order valence-corrected chi connectivity index (χ1v) is 30.3. The number of benzene rings is 5. The first-order valence-electron chi connectivity index (χ1n) is 26.6. The zero-order valence-electron chi connectivity index (χ0n) is 45.4. The largest absolute Gasteiger partial charge is 0.497 e. The summed E-state index contributed by atoms with van der Waals surface area (Å²) in [5.41, 5.74) is -0.702. The van der Waals surface area contributed by atoms with Crippen molar-refractivity contribution < 1.29 is 41.7 Å². The Morgan fingerprint density at radius 1 is 0.633 bits per heavy atom. The molecule has 0 amide bonds. The maximum absolute atomic E-state index is 15.7. The Kier molecular flexibility index (Phi) is 16.0. The lowest BCUT2D eigenvalue weighted by Gasteiger charge is -2.46. The molecule has 0 spiro atoms. The van der Waals surface area contributed by atoms with Crippen LogP contribution in [-0.4, -0.2) is 84.9 Å². The topological polar surface area (TPSA) is 201 Å². The van der Waals surface area contributed by atoms with Crippen LogP contribution in [0.4, 0.5) is 0 Å². The Morgan fingerprint density at radius 2 is 1.10 bits per heavy atom. The number of rotatable bonds is 17. The molecule has 0 saturated carbocycles. The second-order valence-electron chi connectivity index (χ2n) is 21.5. The van der Waals surface area contributed by atoms with Gasteiger partial charge in [0, 0.05) is 36.4 Å². The van der Waals surface area contributed by atoms with Crippen LogP contribution in [0.25, 0.3) is 0 Å². The highest BCUT2D eigenvalue weighted by Gasteiger charge is 2.56. The van der Waals surface area contributed by atoms with Crippen molar-refractivity contribution in [1.82, 2.24) is 19.1 Å². The average molecular weight is 1110 g/mol. The van der Waals surface area contributed by atoms with Crippen LogP contribution < -0.4 is 42.3 Å². The van der Waals surface area contributed by atoms with Crippen molar-refractivity contribution in [2.24, 2.45) is 0 Å². The van der Waals surface area contributed by atoms with E-state index in [-0.39, 0.29) is 31.2 Å². The summed E-state index contributed by atoms with van der Waals surface area (Å²) in [6, 6.07) is 45.3. The predicted octanol–water partition coefficient (Wildman–Crippen LogP) is 8.01. The summed E-state index contributed by atoms with van der Waals surface area (Å²) < 4.78 is 72.0. The van der Waals surface area contributed by atoms with Crippen LogP contribution in [0.5, 0.6) is 11.5 Å². The van der Waals surface area contributed by atoms with E-state index in [9.17, 15) is 19.2 Å². The zero-order valence-corrected chi connectivity index (χ0v) is 47.3. The minimum absolute atomic E-state index is 0.0247. The fourth-order valence-electron chi connectivity index (χ4n) is 11.5. The lowest BCUT2D eigenvalue weighted by molar-refractivity contribution is -0.0986. The van der Waals surface area contributed by atoms with E-state index in [0.717, 1.165) is 27.1 Å². The van der Waals surface area contributed by atoms with E-state index >= 15 is 4.57 Å². The van der Waals surface area contributed by atoms with Crippen molar-refractivity contribution in [3.05, 3.63) is 221 Å². The number of nitrogens with zero attached hydrogens (tertiary/aromatic N) is 2. The molecule has 1 unspecified atom stereocenters. The summed E-state index contributed by atoms with van der Waals surface area (Å²) in [5, 5.41) is 1.61. The number of aryl methyl sites for hydroxylation is 2. The van der Waals surface area contributed by atoms with Crippen molar-refractivity contribution in [1.29, 1.82) is 0 Å². The monoisotopic (exact) mass is 1110 g/mol. The van der Waals surface area contributed by atoms with Gasteiger partial charge in [-0.15, -0.1) is 0 Å². The van der Waals surface area contributed by atoms with Gasteiger partial charge in [0.15, 0.2) is 0 Å². The predicted molar refractivity (Wildman–Crippen MR) is 301 cm³/mol. The molecule has 5 aromatic carbocycles. The average Bonchev–Trinajstić information content (AvgIpc) is 4.29. The Balaban J connectivity index is 1.02. The summed E-state index contributed by atoms with van der Waals surface area (Å²) in [6.07, 6.45) is -2.25. The highest BCUT2D eigenvalue weighted by atomic mass is 31.2. The number of hydrogen-bond acceptors (Lipinski definition) is 13. The second-order valence-corrected chi connectivity index (χ2v) is 27.9. The van der Waals surface area contributed by atoms with E-state index in [0.29, 0.717) is 29.9 Å². The summed E-state index contributed by atoms with van der Waals surface area (Å²) in [6.45, 7) is 9.60. The summed E-state index contributed by atoms with van der Waals surface area (Å²) in [4.78, 5) is 57.3. The highest BCUT2D eigenvalue weighted by Crippen LogP contribution is 2.58. The molecule has 7 aromatic rings. The van der Waals surface area contributed by atoms with Crippen LogP contribution in [0.2, 0.25) is 5.04 Å². The molecule has 19 heteroatoms. The molecule has 2 aromatic heterocycles. The third-order valence-corrected chi connectivity index (χ3v) is 22.6. The number of aromatic nitrogens is 4. The van der Waals surface area contributed by atoms with Gasteiger partial charge in [0.05, 0.1) is 45.3 Å². The summed E-state index contributed by atoms with van der Waals surface area (Å²) in [7, 11) is -4.19. The Bertz CT molecular complexity index is 3450. The fraction of sp³-hybridized carbons (Fsp3) is 0.367. The molecule has 3 fully saturated rings. The lowest BCUT2D eigenvalue weighted by atomic mass is 9.80. The van der Waals surface area contributed by atoms with Crippen molar-refractivity contribution in [2.75, 3.05) is 27.0 Å². The van der Waals surface area contributed by atoms with Gasteiger partial charge in [-0.05, 0) is 83.1 Å². The lowest BCUT2D eigenvalue weighted by Crippen LogP contribution is -2.68. The molecular formula is C60H67N4O13PSi. The van der Waals surface area contributed by atoms with Gasteiger partial charge in [0.25, 0.3) is 19.4 Å². The zero-order chi connectivity index (χ0) is 55.7. The van der Waals surface area contributed by atoms with Crippen LogP contribution >= 0.6 is 7.60 Å². The number of nitrogens with one attached hydrogen (secondary N) is 2. The van der Waals surface area contributed by atoms with Crippen molar-refractivity contribution >= 4 is 26.3 Å². The van der Waals surface area contributed by atoms with Crippen LogP contribution in [0.15, 0.2) is 171 Å². The first-order chi connectivity index (χ1) is 37.9. The molecule has 79 heavy (non-hydrogen) atoms. The molecule has 0 radical (unpaired) electrons. The standard InChI is InChI=1S/C60H67N4O13PSi/c1-39-36-63(57(67)61-55(39)65)52-34-49(51(73-52)38-72-60(41-18-11-8-12-19-41,42-25-29-44(70-6)30-26-42)43-27-31-45(71-7)32-28-43)76-78(69)33-17-24-48(75-78)54-50(35-53(74-54)64-37-40(2)56(66)62-58(64)68)77-79(59(3,4)5,46-20-13-9-14-21-46)47-22-15-10-16-23-47/h8-16,18-23,25-32,36-37,48-54H,17,24,33-35,38H2,1-7H3,(H,61,65,67)(H,62,66,68)/t48-,49-,50-,51+,52+,53+,54+,78?/m0/s1. The Morgan fingerprint density at radius 3 is 1.59 bits per heavy atom. The number of ether oxygens (including phenoxy) is 5. The smallest absolute Gasteiger partial charge is 0.331 e. The third-order valence-electron chi connectivity index (χ3n) is 15.5. The van der Waals surface area contributed by atoms with E-state index in [2.05, 4.69) is 55.0 Å². The number of methoxy groups -OCH3 is 2. The van der Waals surface area contributed by atoms with Crippen LogP contribution in [0, 0.1) is 13.8 Å². The molecule has 2 N–H and O–H groups in total.